The lowest BCUT2D eigenvalue weighted by Gasteiger charge is -2.20. The van der Waals surface area contributed by atoms with Crippen LogP contribution in [-0.2, 0) is 20.7 Å². The summed E-state index contributed by atoms with van der Waals surface area (Å²) in [6.07, 6.45) is 0.752. The maximum Gasteiger partial charge on any atom is 0.308 e. The number of methoxy groups -OCH3 is 1. The van der Waals surface area contributed by atoms with Crippen LogP contribution in [0.4, 0.5) is 0 Å². The van der Waals surface area contributed by atoms with Crippen molar-refractivity contribution in [3.63, 3.8) is 0 Å². The molecular formula is C23H29NO5. The summed E-state index contributed by atoms with van der Waals surface area (Å²) < 4.78 is 16.0. The standard InChI is InChI=1S/C23H29NO5/c1-5-17-6-10-20(11-7-17)28-15-22(25)24-21(14-23(26)29-16(2)3)18-8-12-19(27-4)13-9-18/h6-13,16,21H,5,14-15H2,1-4H3,(H,24,25). The van der Waals surface area contributed by atoms with Crippen molar-refractivity contribution < 1.29 is 23.8 Å². The number of hydrogen-bond donors (Lipinski definition) is 1. The van der Waals surface area contributed by atoms with Gasteiger partial charge in [-0.1, -0.05) is 31.2 Å². The SMILES string of the molecule is CCc1ccc(OCC(=O)NC(CC(=O)OC(C)C)c2ccc(OC)cc2)cc1. The van der Waals surface area contributed by atoms with Crippen LogP contribution >= 0.6 is 0 Å². The molecule has 0 aliphatic rings. The number of nitrogens with one attached hydrogen (secondary N) is 1. The minimum Gasteiger partial charge on any atom is -0.497 e. The van der Waals surface area contributed by atoms with E-state index in [4.69, 9.17) is 14.2 Å². The molecule has 1 N–H and O–H groups in total. The highest BCUT2D eigenvalue weighted by Gasteiger charge is 2.20. The molecule has 1 amide bonds. The highest BCUT2D eigenvalue weighted by atomic mass is 16.5. The third-order valence-electron chi connectivity index (χ3n) is 4.29. The molecule has 0 bridgehead atoms. The van der Waals surface area contributed by atoms with Gasteiger partial charge in [0.1, 0.15) is 11.5 Å². The maximum atomic E-state index is 12.4. The predicted molar refractivity (Wildman–Crippen MR) is 111 cm³/mol. The quantitative estimate of drug-likeness (QED) is 0.615. The number of carbonyl (C=O) groups excluding carboxylic acids is 2. The molecular weight excluding hydrogens is 370 g/mol. The van der Waals surface area contributed by atoms with Crippen molar-refractivity contribution in [2.75, 3.05) is 13.7 Å². The fourth-order valence-electron chi connectivity index (χ4n) is 2.77. The van der Waals surface area contributed by atoms with Crippen molar-refractivity contribution in [1.29, 1.82) is 0 Å². The van der Waals surface area contributed by atoms with E-state index in [0.717, 1.165) is 12.0 Å². The third kappa shape index (κ3) is 7.49. The van der Waals surface area contributed by atoms with Crippen LogP contribution in [0.1, 0.15) is 44.4 Å². The topological polar surface area (TPSA) is 73.9 Å². The summed E-state index contributed by atoms with van der Waals surface area (Å²) in [7, 11) is 1.58. The van der Waals surface area contributed by atoms with Gasteiger partial charge in [0, 0.05) is 0 Å². The molecule has 0 aromatic heterocycles. The molecule has 156 valence electrons. The summed E-state index contributed by atoms with van der Waals surface area (Å²) in [4.78, 5) is 24.6. The van der Waals surface area contributed by atoms with E-state index in [1.807, 2.05) is 36.4 Å². The van der Waals surface area contributed by atoms with Crippen LogP contribution < -0.4 is 14.8 Å². The van der Waals surface area contributed by atoms with Crippen molar-refractivity contribution in [2.24, 2.45) is 0 Å². The first-order chi connectivity index (χ1) is 13.9. The molecule has 0 saturated heterocycles. The normalized spacial score (nSPS) is 11.6. The molecule has 0 aliphatic heterocycles. The number of hydrogen-bond acceptors (Lipinski definition) is 5. The van der Waals surface area contributed by atoms with Crippen LogP contribution in [0.25, 0.3) is 0 Å². The smallest absolute Gasteiger partial charge is 0.308 e. The highest BCUT2D eigenvalue weighted by Crippen LogP contribution is 2.21. The number of esters is 1. The van der Waals surface area contributed by atoms with Gasteiger partial charge in [-0.2, -0.15) is 0 Å². The zero-order valence-corrected chi connectivity index (χ0v) is 17.4. The Bertz CT molecular complexity index is 784. The zero-order valence-electron chi connectivity index (χ0n) is 17.4. The molecule has 0 aliphatic carbocycles. The van der Waals surface area contributed by atoms with Gasteiger partial charge in [0.2, 0.25) is 0 Å². The molecule has 0 spiro atoms. The lowest BCUT2D eigenvalue weighted by atomic mass is 10.0. The van der Waals surface area contributed by atoms with E-state index in [1.54, 1.807) is 33.1 Å². The molecule has 2 aromatic rings. The first-order valence-electron chi connectivity index (χ1n) is 9.75. The van der Waals surface area contributed by atoms with E-state index in [9.17, 15) is 9.59 Å². The summed E-state index contributed by atoms with van der Waals surface area (Å²) >= 11 is 0. The summed E-state index contributed by atoms with van der Waals surface area (Å²) in [5.74, 6) is 0.625. The van der Waals surface area contributed by atoms with Gasteiger partial charge in [-0.25, -0.2) is 0 Å². The van der Waals surface area contributed by atoms with Crippen molar-refractivity contribution in [3.8, 4) is 11.5 Å². The molecule has 6 nitrogen and oxygen atoms in total. The molecule has 2 aromatic carbocycles. The van der Waals surface area contributed by atoms with Crippen LogP contribution in [-0.4, -0.2) is 31.7 Å². The van der Waals surface area contributed by atoms with Crippen LogP contribution in [0.3, 0.4) is 0 Å². The fraction of sp³-hybridized carbons (Fsp3) is 0.391. The number of benzene rings is 2. The molecule has 29 heavy (non-hydrogen) atoms. The van der Waals surface area contributed by atoms with Gasteiger partial charge in [0.05, 0.1) is 25.7 Å². The first-order valence-corrected chi connectivity index (χ1v) is 9.75. The summed E-state index contributed by atoms with van der Waals surface area (Å²) in [6.45, 7) is 5.51. The highest BCUT2D eigenvalue weighted by molar-refractivity contribution is 5.79. The Hall–Kier alpha value is -3.02. The maximum absolute atomic E-state index is 12.4. The summed E-state index contributed by atoms with van der Waals surface area (Å²) in [5.41, 5.74) is 1.98. The van der Waals surface area contributed by atoms with Gasteiger partial charge in [0.15, 0.2) is 6.61 Å². The summed E-state index contributed by atoms with van der Waals surface area (Å²) in [6, 6.07) is 14.3. The molecule has 0 radical (unpaired) electrons. The number of aryl methyl sites for hydroxylation is 1. The van der Waals surface area contributed by atoms with Gasteiger partial charge >= 0.3 is 5.97 Å². The summed E-state index contributed by atoms with van der Waals surface area (Å²) in [5, 5.41) is 2.86. The zero-order chi connectivity index (χ0) is 21.2. The monoisotopic (exact) mass is 399 g/mol. The fourth-order valence-corrected chi connectivity index (χ4v) is 2.77. The average molecular weight is 399 g/mol. The van der Waals surface area contributed by atoms with E-state index in [2.05, 4.69) is 12.2 Å². The van der Waals surface area contributed by atoms with Gasteiger partial charge in [-0.3, -0.25) is 9.59 Å². The Kier molecular flexibility index (Phi) is 8.52. The third-order valence-corrected chi connectivity index (χ3v) is 4.29. The second-order valence-corrected chi connectivity index (χ2v) is 6.92. The van der Waals surface area contributed by atoms with Crippen LogP contribution in [0.15, 0.2) is 48.5 Å². The number of amides is 1. The van der Waals surface area contributed by atoms with Crippen molar-refractivity contribution >= 4 is 11.9 Å². The minimum atomic E-state index is -0.522. The minimum absolute atomic E-state index is 0.0292. The molecule has 0 saturated carbocycles. The Balaban J connectivity index is 2.02. The second kappa shape index (κ2) is 11.1. The molecule has 6 heteroatoms. The van der Waals surface area contributed by atoms with Crippen molar-refractivity contribution in [1.82, 2.24) is 5.32 Å². The average Bonchev–Trinajstić information content (AvgIpc) is 2.71. The molecule has 1 atom stereocenters. The van der Waals surface area contributed by atoms with Gasteiger partial charge in [-0.05, 0) is 55.7 Å². The van der Waals surface area contributed by atoms with E-state index < -0.39 is 6.04 Å². The van der Waals surface area contributed by atoms with E-state index >= 15 is 0 Å². The second-order valence-electron chi connectivity index (χ2n) is 6.92. The Morgan fingerprint density at radius 3 is 2.14 bits per heavy atom. The number of carbonyl (C=O) groups is 2. The Morgan fingerprint density at radius 1 is 0.966 bits per heavy atom. The lowest BCUT2D eigenvalue weighted by molar-refractivity contribution is -0.148. The van der Waals surface area contributed by atoms with Crippen molar-refractivity contribution in [2.45, 2.75) is 45.8 Å². The van der Waals surface area contributed by atoms with E-state index in [1.165, 1.54) is 5.56 Å². The largest absolute Gasteiger partial charge is 0.497 e. The number of ether oxygens (including phenoxy) is 3. The predicted octanol–water partition coefficient (Wildman–Crippen LogP) is 3.84. The first kappa shape index (κ1) is 22.3. The van der Waals surface area contributed by atoms with Gasteiger partial charge in [-0.15, -0.1) is 0 Å². The number of rotatable bonds is 10. The molecule has 0 fully saturated rings. The van der Waals surface area contributed by atoms with E-state index in [-0.39, 0.29) is 31.0 Å². The van der Waals surface area contributed by atoms with E-state index in [0.29, 0.717) is 11.5 Å². The molecule has 2 rings (SSSR count). The molecule has 0 heterocycles. The van der Waals surface area contributed by atoms with Gasteiger partial charge in [0.25, 0.3) is 5.91 Å². The van der Waals surface area contributed by atoms with Crippen molar-refractivity contribution in [3.05, 3.63) is 59.7 Å². The van der Waals surface area contributed by atoms with Crippen LogP contribution in [0.5, 0.6) is 11.5 Å². The van der Waals surface area contributed by atoms with Crippen LogP contribution in [0.2, 0.25) is 0 Å². The Morgan fingerprint density at radius 2 is 1.59 bits per heavy atom. The van der Waals surface area contributed by atoms with Crippen LogP contribution in [0, 0.1) is 0 Å². The van der Waals surface area contributed by atoms with Gasteiger partial charge < -0.3 is 19.5 Å². The lowest BCUT2D eigenvalue weighted by Crippen LogP contribution is -2.34. The molecule has 1 unspecified atom stereocenters. The Labute approximate surface area is 172 Å².